The Labute approximate surface area is 83.2 Å². The van der Waals surface area contributed by atoms with Crippen LogP contribution in [0.4, 0.5) is 0 Å². The van der Waals surface area contributed by atoms with E-state index >= 15 is 0 Å². The van der Waals surface area contributed by atoms with Crippen molar-refractivity contribution in [2.24, 2.45) is 0 Å². The van der Waals surface area contributed by atoms with Crippen LogP contribution >= 0.6 is 0 Å². The van der Waals surface area contributed by atoms with Gasteiger partial charge in [0.15, 0.2) is 0 Å². The van der Waals surface area contributed by atoms with E-state index in [9.17, 15) is 0 Å². The standard InChI is InChI=1S/C10H8N2.2N/c1-3-7-11-9(5-1)10-6-2-4-8-12-10;;/h1-8H;;. The Bertz CT molecular complexity index is 310. The molecule has 2 aromatic heterocycles. The smallest absolute Gasteiger partial charge is 0.0886 e. The lowest BCUT2D eigenvalue weighted by Gasteiger charge is -1.96. The van der Waals surface area contributed by atoms with Crippen molar-refractivity contribution >= 4 is 0 Å². The van der Waals surface area contributed by atoms with Gasteiger partial charge in [-0.1, -0.05) is 12.1 Å². The predicted molar refractivity (Wildman–Crippen MR) is 51.7 cm³/mol. The number of rotatable bonds is 1. The number of nitrogens with zero attached hydrogens (tertiary/aromatic N) is 4. The Balaban J connectivity index is 0.000000845. The Kier molecular flexibility index (Phi) is 5.06. The number of aromatic nitrogens is 2. The van der Waals surface area contributed by atoms with Gasteiger partial charge in [0.25, 0.3) is 0 Å². The fraction of sp³-hybridized carbons (Fsp3) is 0. The molecule has 14 heavy (non-hydrogen) atoms. The summed E-state index contributed by atoms with van der Waals surface area (Å²) < 4.78 is 0. The van der Waals surface area contributed by atoms with Crippen LogP contribution in [0.15, 0.2) is 48.8 Å². The molecule has 2 heterocycles. The Hall–Kier alpha value is -1.78. The van der Waals surface area contributed by atoms with Gasteiger partial charge in [0, 0.05) is 24.7 Å². The van der Waals surface area contributed by atoms with Crippen molar-refractivity contribution in [3.63, 3.8) is 0 Å². The largest absolute Gasteiger partial charge is 0.255 e. The average Bonchev–Trinajstić information content (AvgIpc) is 2.21. The summed E-state index contributed by atoms with van der Waals surface area (Å²) in [6.07, 6.45) is 3.54. The van der Waals surface area contributed by atoms with Crippen molar-refractivity contribution in [3.05, 3.63) is 48.8 Å². The molecule has 2 aromatic rings. The Morgan fingerprint density at radius 2 is 1.07 bits per heavy atom. The fourth-order valence-electron chi connectivity index (χ4n) is 1.03. The van der Waals surface area contributed by atoms with E-state index in [1.807, 2.05) is 36.4 Å². The maximum atomic E-state index is 4.19. The monoisotopic (exact) mass is 184 g/mol. The van der Waals surface area contributed by atoms with Gasteiger partial charge in [0.2, 0.25) is 0 Å². The lowest BCUT2D eigenvalue weighted by molar-refractivity contribution is 1.25. The Morgan fingerprint density at radius 1 is 0.643 bits per heavy atom. The van der Waals surface area contributed by atoms with Crippen molar-refractivity contribution in [2.75, 3.05) is 0 Å². The van der Waals surface area contributed by atoms with Crippen LogP contribution in [0.1, 0.15) is 0 Å². The topological polar surface area (TPSA) is 86.8 Å². The van der Waals surface area contributed by atoms with Crippen LogP contribution in [-0.4, -0.2) is 9.97 Å². The second-order valence-corrected chi connectivity index (χ2v) is 2.43. The highest BCUT2D eigenvalue weighted by Crippen LogP contribution is 2.10. The molecule has 68 valence electrons. The quantitative estimate of drug-likeness (QED) is 0.666. The number of pyridine rings is 2. The van der Waals surface area contributed by atoms with E-state index in [1.165, 1.54) is 0 Å². The first kappa shape index (κ1) is 12.2. The molecule has 0 spiro atoms. The van der Waals surface area contributed by atoms with E-state index in [0.29, 0.717) is 0 Å². The molecule has 0 fully saturated rings. The minimum absolute atomic E-state index is 0. The maximum absolute atomic E-state index is 4.19. The molecule has 6 radical (unpaired) electrons. The van der Waals surface area contributed by atoms with Crippen LogP contribution in [0.3, 0.4) is 0 Å². The highest BCUT2D eigenvalue weighted by atomic mass is 14.7. The molecule has 0 bridgehead atoms. The lowest BCUT2D eigenvalue weighted by atomic mass is 10.2. The van der Waals surface area contributed by atoms with Gasteiger partial charge in [-0.3, -0.25) is 9.97 Å². The van der Waals surface area contributed by atoms with Gasteiger partial charge in [-0.15, -0.1) is 0 Å². The molecule has 4 heteroatoms. The minimum atomic E-state index is 0. The molecule has 0 aliphatic heterocycles. The van der Waals surface area contributed by atoms with Gasteiger partial charge < -0.3 is 0 Å². The first-order chi connectivity index (χ1) is 5.97. The molecule has 0 aliphatic carbocycles. The lowest BCUT2D eigenvalue weighted by Crippen LogP contribution is -1.83. The van der Waals surface area contributed by atoms with Crippen molar-refractivity contribution in [2.45, 2.75) is 0 Å². The molecule has 0 saturated heterocycles. The van der Waals surface area contributed by atoms with Gasteiger partial charge in [-0.05, 0) is 24.3 Å². The average molecular weight is 184 g/mol. The zero-order chi connectivity index (χ0) is 8.23. The van der Waals surface area contributed by atoms with Crippen LogP contribution < -0.4 is 12.3 Å². The highest BCUT2D eigenvalue weighted by Gasteiger charge is 1.95. The summed E-state index contributed by atoms with van der Waals surface area (Å²) in [7, 11) is 0. The first-order valence-electron chi connectivity index (χ1n) is 3.79. The molecule has 0 amide bonds. The van der Waals surface area contributed by atoms with Gasteiger partial charge >= 0.3 is 0 Å². The summed E-state index contributed by atoms with van der Waals surface area (Å²) >= 11 is 0. The Morgan fingerprint density at radius 3 is 1.36 bits per heavy atom. The van der Waals surface area contributed by atoms with Gasteiger partial charge in [-0.2, -0.15) is 0 Å². The normalized spacial score (nSPS) is 8.29. The van der Waals surface area contributed by atoms with Crippen LogP contribution in [0, 0.1) is 0 Å². The molecular formula is C10H8N4. The summed E-state index contributed by atoms with van der Waals surface area (Å²) in [5.74, 6) is 0. The van der Waals surface area contributed by atoms with Gasteiger partial charge in [-0.25, -0.2) is 0 Å². The second-order valence-electron chi connectivity index (χ2n) is 2.43. The van der Waals surface area contributed by atoms with Gasteiger partial charge in [0.05, 0.1) is 11.4 Å². The maximum Gasteiger partial charge on any atom is 0.0886 e. The van der Waals surface area contributed by atoms with E-state index in [-0.39, 0.29) is 12.3 Å². The van der Waals surface area contributed by atoms with Crippen LogP contribution in [0.2, 0.25) is 0 Å². The third-order valence-corrected chi connectivity index (χ3v) is 1.59. The third-order valence-electron chi connectivity index (χ3n) is 1.59. The summed E-state index contributed by atoms with van der Waals surface area (Å²) in [5.41, 5.74) is 1.83. The summed E-state index contributed by atoms with van der Waals surface area (Å²) in [4.78, 5) is 8.37. The molecule has 2 rings (SSSR count). The number of hydrogen-bond acceptors (Lipinski definition) is 2. The van der Waals surface area contributed by atoms with E-state index in [4.69, 9.17) is 0 Å². The van der Waals surface area contributed by atoms with Crippen LogP contribution in [0.25, 0.3) is 11.4 Å². The zero-order valence-corrected chi connectivity index (χ0v) is 7.41. The van der Waals surface area contributed by atoms with E-state index < -0.39 is 0 Å². The van der Waals surface area contributed by atoms with Gasteiger partial charge in [0.1, 0.15) is 0 Å². The summed E-state index contributed by atoms with van der Waals surface area (Å²) in [5, 5.41) is 0. The predicted octanol–water partition coefficient (Wildman–Crippen LogP) is 1.18. The zero-order valence-electron chi connectivity index (χ0n) is 7.41. The van der Waals surface area contributed by atoms with E-state index in [1.54, 1.807) is 12.4 Å². The molecule has 0 unspecified atom stereocenters. The summed E-state index contributed by atoms with van der Waals surface area (Å²) in [6, 6.07) is 11.6. The van der Waals surface area contributed by atoms with Crippen molar-refractivity contribution in [3.8, 4) is 11.4 Å². The third kappa shape index (κ3) is 2.62. The van der Waals surface area contributed by atoms with Crippen molar-refractivity contribution in [1.82, 2.24) is 22.3 Å². The molecule has 0 N–H and O–H groups in total. The number of hydrogen-bond donors (Lipinski definition) is 0. The SMILES string of the molecule is [N].[N].c1ccc(-c2ccccn2)nc1. The molecule has 4 nitrogen and oxygen atoms in total. The molecule has 0 saturated carbocycles. The molecule has 0 aliphatic rings. The minimum Gasteiger partial charge on any atom is -0.255 e. The van der Waals surface area contributed by atoms with Crippen LogP contribution in [0.5, 0.6) is 0 Å². The molecular weight excluding hydrogens is 176 g/mol. The highest BCUT2D eigenvalue weighted by molar-refractivity contribution is 5.52. The first-order valence-corrected chi connectivity index (χ1v) is 3.79. The molecule has 0 atom stereocenters. The summed E-state index contributed by atoms with van der Waals surface area (Å²) in [6.45, 7) is 0. The van der Waals surface area contributed by atoms with Crippen LogP contribution in [-0.2, 0) is 0 Å². The fourth-order valence-corrected chi connectivity index (χ4v) is 1.03. The van der Waals surface area contributed by atoms with Crippen molar-refractivity contribution in [1.29, 1.82) is 0 Å². The second kappa shape index (κ2) is 5.80. The van der Waals surface area contributed by atoms with Crippen molar-refractivity contribution < 1.29 is 0 Å². The van der Waals surface area contributed by atoms with E-state index in [2.05, 4.69) is 9.97 Å². The molecule has 0 aromatic carbocycles. The van der Waals surface area contributed by atoms with E-state index in [0.717, 1.165) is 11.4 Å².